The zero-order valence-electron chi connectivity index (χ0n) is 19.2. The number of carbonyl (C=O) groups is 2. The maximum absolute atomic E-state index is 13.2. The summed E-state index contributed by atoms with van der Waals surface area (Å²) in [7, 11) is 0. The second kappa shape index (κ2) is 10.2. The molecule has 0 atom stereocenters. The largest absolute Gasteiger partial charge is 0.329 e. The molecule has 8 heteroatoms. The van der Waals surface area contributed by atoms with Crippen LogP contribution in [0.1, 0.15) is 50.2 Å². The normalized spacial score (nSPS) is 11.3. The molecule has 1 N–H and O–H groups in total. The molecule has 0 spiro atoms. The van der Waals surface area contributed by atoms with E-state index >= 15 is 0 Å². The van der Waals surface area contributed by atoms with Crippen molar-refractivity contribution in [3.8, 4) is 5.69 Å². The molecule has 0 bridgehead atoms. The monoisotopic (exact) mass is 470 g/mol. The summed E-state index contributed by atoms with van der Waals surface area (Å²) in [6.07, 6.45) is 0.673. The summed E-state index contributed by atoms with van der Waals surface area (Å²) in [6, 6.07) is 14.3. The van der Waals surface area contributed by atoms with E-state index in [1.807, 2.05) is 52.0 Å². The topological polar surface area (TPSA) is 67.2 Å². The van der Waals surface area contributed by atoms with Crippen LogP contribution >= 0.6 is 11.6 Å². The Morgan fingerprint density at radius 1 is 1.12 bits per heavy atom. The maximum atomic E-state index is 13.2. The van der Waals surface area contributed by atoms with Gasteiger partial charge in [0.1, 0.15) is 18.2 Å². The van der Waals surface area contributed by atoms with E-state index in [9.17, 15) is 14.0 Å². The van der Waals surface area contributed by atoms with Crippen molar-refractivity contribution in [3.63, 3.8) is 0 Å². The van der Waals surface area contributed by atoms with Gasteiger partial charge in [-0.05, 0) is 42.8 Å². The van der Waals surface area contributed by atoms with Crippen LogP contribution in [0.4, 0.5) is 10.2 Å². The van der Waals surface area contributed by atoms with E-state index in [4.69, 9.17) is 11.6 Å². The molecule has 0 aliphatic carbocycles. The Bertz CT molecular complexity index is 1140. The Balaban J connectivity index is 1.86. The van der Waals surface area contributed by atoms with Gasteiger partial charge in [0, 0.05) is 23.6 Å². The van der Waals surface area contributed by atoms with Gasteiger partial charge in [0.2, 0.25) is 5.91 Å². The highest BCUT2D eigenvalue weighted by atomic mass is 35.5. The summed E-state index contributed by atoms with van der Waals surface area (Å²) in [5.74, 6) is -0.660. The van der Waals surface area contributed by atoms with Crippen LogP contribution in [0, 0.1) is 5.82 Å². The molecule has 6 nitrogen and oxygen atoms in total. The lowest BCUT2D eigenvalue weighted by Gasteiger charge is -2.22. The van der Waals surface area contributed by atoms with Gasteiger partial charge in [0.05, 0.1) is 16.4 Å². The first-order valence-electron chi connectivity index (χ1n) is 10.8. The van der Waals surface area contributed by atoms with Crippen LogP contribution in [0.25, 0.3) is 5.69 Å². The number of rotatable bonds is 7. The molecule has 2 aromatic carbocycles. The molecule has 3 rings (SSSR count). The predicted octanol–water partition coefficient (Wildman–Crippen LogP) is 5.45. The number of benzene rings is 2. The van der Waals surface area contributed by atoms with Gasteiger partial charge < -0.3 is 10.2 Å². The predicted molar refractivity (Wildman–Crippen MR) is 128 cm³/mol. The zero-order valence-corrected chi connectivity index (χ0v) is 20.0. The van der Waals surface area contributed by atoms with E-state index in [0.717, 1.165) is 5.69 Å². The van der Waals surface area contributed by atoms with Gasteiger partial charge in [-0.3, -0.25) is 9.59 Å². The van der Waals surface area contributed by atoms with E-state index in [1.165, 1.54) is 29.2 Å². The molecule has 1 heterocycles. The number of para-hydroxylation sites is 1. The van der Waals surface area contributed by atoms with Crippen LogP contribution in [0.5, 0.6) is 0 Å². The number of amides is 2. The lowest BCUT2D eigenvalue weighted by molar-refractivity contribution is -0.116. The van der Waals surface area contributed by atoms with Gasteiger partial charge in [-0.2, -0.15) is 5.10 Å². The lowest BCUT2D eigenvalue weighted by Crippen LogP contribution is -2.38. The van der Waals surface area contributed by atoms with Gasteiger partial charge in [0.25, 0.3) is 5.91 Å². The minimum absolute atomic E-state index is 0.150. The fourth-order valence-corrected chi connectivity index (χ4v) is 3.51. The van der Waals surface area contributed by atoms with Crippen molar-refractivity contribution in [1.29, 1.82) is 0 Å². The summed E-state index contributed by atoms with van der Waals surface area (Å²) >= 11 is 6.38. The SMILES string of the molecule is CCCN(CC(=O)Nc1cc(C(C)(C)C)nn1-c1ccccc1Cl)C(=O)c1ccc(F)cc1. The number of anilines is 1. The first kappa shape index (κ1) is 24.5. The highest BCUT2D eigenvalue weighted by Crippen LogP contribution is 2.29. The van der Waals surface area contributed by atoms with Crippen molar-refractivity contribution in [3.05, 3.63) is 76.7 Å². The fourth-order valence-electron chi connectivity index (χ4n) is 3.30. The molecule has 174 valence electrons. The molecular formula is C25H28ClFN4O2. The molecule has 1 aromatic heterocycles. The van der Waals surface area contributed by atoms with E-state index in [0.29, 0.717) is 35.1 Å². The standard InChI is InChI=1S/C25H28ClFN4O2/c1-5-14-30(24(33)17-10-12-18(27)13-11-17)16-23(32)28-22-15-21(25(2,3)4)29-31(22)20-9-7-6-8-19(20)26/h6-13,15H,5,14,16H2,1-4H3,(H,28,32). The average molecular weight is 471 g/mol. The highest BCUT2D eigenvalue weighted by Gasteiger charge is 2.24. The zero-order chi connectivity index (χ0) is 24.2. The molecule has 0 unspecified atom stereocenters. The number of hydrogen-bond donors (Lipinski definition) is 1. The quantitative estimate of drug-likeness (QED) is 0.499. The molecular weight excluding hydrogens is 443 g/mol. The van der Waals surface area contributed by atoms with Crippen LogP contribution in [0.15, 0.2) is 54.6 Å². The third kappa shape index (κ3) is 5.99. The highest BCUT2D eigenvalue weighted by molar-refractivity contribution is 6.32. The summed E-state index contributed by atoms with van der Waals surface area (Å²) in [5, 5.41) is 8.05. The molecule has 0 saturated carbocycles. The Hall–Kier alpha value is -3.19. The summed E-state index contributed by atoms with van der Waals surface area (Å²) in [4.78, 5) is 27.3. The fraction of sp³-hybridized carbons (Fsp3) is 0.320. The van der Waals surface area contributed by atoms with Crippen molar-refractivity contribution in [2.75, 3.05) is 18.4 Å². The van der Waals surface area contributed by atoms with Crippen LogP contribution in [0.2, 0.25) is 5.02 Å². The molecule has 0 saturated heterocycles. The van der Waals surface area contributed by atoms with Crippen molar-refractivity contribution < 1.29 is 14.0 Å². The first-order chi connectivity index (χ1) is 15.6. The van der Waals surface area contributed by atoms with Gasteiger partial charge in [-0.15, -0.1) is 0 Å². The van der Waals surface area contributed by atoms with Crippen LogP contribution in [-0.4, -0.2) is 39.6 Å². The van der Waals surface area contributed by atoms with Gasteiger partial charge in [0.15, 0.2) is 0 Å². The Morgan fingerprint density at radius 3 is 2.39 bits per heavy atom. The van der Waals surface area contributed by atoms with Crippen LogP contribution < -0.4 is 5.32 Å². The third-order valence-corrected chi connectivity index (χ3v) is 5.35. The van der Waals surface area contributed by atoms with E-state index in [-0.39, 0.29) is 23.8 Å². The molecule has 2 amide bonds. The molecule has 3 aromatic rings. The summed E-state index contributed by atoms with van der Waals surface area (Å²) in [5.41, 5.74) is 1.50. The molecule has 33 heavy (non-hydrogen) atoms. The minimum Gasteiger partial charge on any atom is -0.329 e. The second-order valence-corrected chi connectivity index (χ2v) is 9.22. The smallest absolute Gasteiger partial charge is 0.254 e. The Kier molecular flexibility index (Phi) is 7.53. The third-order valence-electron chi connectivity index (χ3n) is 5.03. The summed E-state index contributed by atoms with van der Waals surface area (Å²) in [6.45, 7) is 8.25. The Labute approximate surface area is 198 Å². The Morgan fingerprint density at radius 2 is 1.79 bits per heavy atom. The minimum atomic E-state index is -0.422. The number of aromatic nitrogens is 2. The van der Waals surface area contributed by atoms with Gasteiger partial charge in [-0.25, -0.2) is 9.07 Å². The van der Waals surface area contributed by atoms with E-state index in [1.54, 1.807) is 10.7 Å². The van der Waals surface area contributed by atoms with E-state index in [2.05, 4.69) is 10.4 Å². The van der Waals surface area contributed by atoms with Crippen molar-refractivity contribution in [2.24, 2.45) is 0 Å². The lowest BCUT2D eigenvalue weighted by atomic mass is 9.92. The summed E-state index contributed by atoms with van der Waals surface area (Å²) < 4.78 is 14.8. The van der Waals surface area contributed by atoms with Gasteiger partial charge in [-0.1, -0.05) is 51.4 Å². The molecule has 0 radical (unpaired) electrons. The van der Waals surface area contributed by atoms with Crippen LogP contribution in [-0.2, 0) is 10.2 Å². The van der Waals surface area contributed by atoms with Crippen molar-refractivity contribution >= 4 is 29.2 Å². The molecule has 0 aliphatic rings. The maximum Gasteiger partial charge on any atom is 0.254 e. The number of carbonyl (C=O) groups excluding carboxylic acids is 2. The number of halogens is 2. The first-order valence-corrected chi connectivity index (χ1v) is 11.2. The molecule has 0 aliphatic heterocycles. The average Bonchev–Trinajstić information content (AvgIpc) is 3.18. The van der Waals surface area contributed by atoms with Crippen LogP contribution in [0.3, 0.4) is 0 Å². The number of nitrogens with one attached hydrogen (secondary N) is 1. The second-order valence-electron chi connectivity index (χ2n) is 8.81. The van der Waals surface area contributed by atoms with Crippen molar-refractivity contribution in [2.45, 2.75) is 39.5 Å². The molecule has 0 fully saturated rings. The van der Waals surface area contributed by atoms with E-state index < -0.39 is 5.82 Å². The van der Waals surface area contributed by atoms with Crippen molar-refractivity contribution in [1.82, 2.24) is 14.7 Å². The number of nitrogens with zero attached hydrogens (tertiary/aromatic N) is 3. The number of hydrogen-bond acceptors (Lipinski definition) is 3. The van der Waals surface area contributed by atoms with Gasteiger partial charge >= 0.3 is 0 Å².